The molecule has 0 aliphatic rings. The average Bonchev–Trinajstić information content (AvgIpc) is 3.04. The molecule has 0 unspecified atom stereocenters. The largest absolute Gasteiger partial charge is 0.508 e. The second kappa shape index (κ2) is 10.9. The van der Waals surface area contributed by atoms with Crippen LogP contribution in [0.5, 0.6) is 5.75 Å². The lowest BCUT2D eigenvalue weighted by atomic mass is 10.1. The number of aliphatic imine (C=N–C) groups is 1. The molecule has 6 heteroatoms. The number of nitrogens with one attached hydrogen (secondary N) is 2. The molecule has 0 fully saturated rings. The minimum Gasteiger partial charge on any atom is -0.508 e. The molecule has 0 saturated heterocycles. The van der Waals surface area contributed by atoms with Gasteiger partial charge in [0.15, 0.2) is 5.96 Å². The molecule has 0 aliphatic heterocycles. The molecule has 1 heterocycles. The quantitative estimate of drug-likeness (QED) is 0.274. The van der Waals surface area contributed by atoms with Gasteiger partial charge in [0.2, 0.25) is 0 Å². The van der Waals surface area contributed by atoms with Crippen molar-refractivity contribution in [1.82, 2.24) is 10.6 Å². The predicted octanol–water partition coefficient (Wildman–Crippen LogP) is 3.29. The van der Waals surface area contributed by atoms with Crippen LogP contribution in [-0.2, 0) is 13.0 Å². The van der Waals surface area contributed by atoms with Crippen LogP contribution in [-0.4, -0.2) is 24.2 Å². The standard InChI is InChI=1S/C17H23N3O2.HI/c1-2-18-17(20-13-16-6-4-12-22-16)19-11-3-5-14-7-9-15(21)10-8-14;/h4,6-10,12,21H,2-3,5,11,13H2,1H3,(H2,18,19,20);1H. The van der Waals surface area contributed by atoms with E-state index in [1.807, 2.05) is 31.2 Å². The molecular weight excluding hydrogens is 405 g/mol. The molecule has 3 N–H and O–H groups in total. The maximum absolute atomic E-state index is 9.25. The van der Waals surface area contributed by atoms with E-state index in [1.165, 1.54) is 5.56 Å². The van der Waals surface area contributed by atoms with Crippen molar-refractivity contribution in [3.8, 4) is 5.75 Å². The van der Waals surface area contributed by atoms with Crippen LogP contribution in [0.1, 0.15) is 24.7 Å². The molecule has 5 nitrogen and oxygen atoms in total. The number of benzene rings is 1. The minimum absolute atomic E-state index is 0. The highest BCUT2D eigenvalue weighted by molar-refractivity contribution is 14.0. The van der Waals surface area contributed by atoms with Gasteiger partial charge in [-0.05, 0) is 49.6 Å². The van der Waals surface area contributed by atoms with Gasteiger partial charge < -0.3 is 20.2 Å². The Morgan fingerprint density at radius 2 is 1.96 bits per heavy atom. The zero-order valence-corrected chi connectivity index (χ0v) is 15.6. The van der Waals surface area contributed by atoms with Crippen molar-refractivity contribution < 1.29 is 9.52 Å². The van der Waals surface area contributed by atoms with E-state index in [9.17, 15) is 5.11 Å². The number of aromatic hydroxyl groups is 1. The summed E-state index contributed by atoms with van der Waals surface area (Å²) in [6, 6.07) is 11.1. The molecule has 0 spiro atoms. The summed E-state index contributed by atoms with van der Waals surface area (Å²) in [4.78, 5) is 4.48. The smallest absolute Gasteiger partial charge is 0.191 e. The topological polar surface area (TPSA) is 69.8 Å². The van der Waals surface area contributed by atoms with Gasteiger partial charge in [-0.2, -0.15) is 0 Å². The summed E-state index contributed by atoms with van der Waals surface area (Å²) in [5, 5.41) is 15.8. The Hall–Kier alpha value is -1.70. The van der Waals surface area contributed by atoms with Crippen LogP contribution >= 0.6 is 24.0 Å². The molecular formula is C17H24IN3O2. The van der Waals surface area contributed by atoms with Gasteiger partial charge in [0, 0.05) is 13.1 Å². The van der Waals surface area contributed by atoms with Gasteiger partial charge in [0.05, 0.1) is 6.26 Å². The summed E-state index contributed by atoms with van der Waals surface area (Å²) in [5.74, 6) is 1.95. The van der Waals surface area contributed by atoms with E-state index in [0.717, 1.165) is 37.7 Å². The van der Waals surface area contributed by atoms with Crippen LogP contribution < -0.4 is 10.6 Å². The van der Waals surface area contributed by atoms with Crippen LogP contribution in [0.25, 0.3) is 0 Å². The summed E-state index contributed by atoms with van der Waals surface area (Å²) in [7, 11) is 0. The number of rotatable bonds is 7. The molecule has 0 radical (unpaired) electrons. The third-order valence-corrected chi connectivity index (χ3v) is 3.19. The van der Waals surface area contributed by atoms with Gasteiger partial charge in [0.25, 0.3) is 0 Å². The van der Waals surface area contributed by atoms with Gasteiger partial charge in [-0.3, -0.25) is 0 Å². The lowest BCUT2D eigenvalue weighted by Gasteiger charge is -2.11. The van der Waals surface area contributed by atoms with Crippen molar-refractivity contribution in [2.45, 2.75) is 26.3 Å². The molecule has 126 valence electrons. The first kappa shape index (κ1) is 19.3. The Kier molecular flexibility index (Phi) is 9.20. The van der Waals surface area contributed by atoms with Gasteiger partial charge in [-0.15, -0.1) is 24.0 Å². The number of phenolic OH excluding ortho intramolecular Hbond substituents is 1. The van der Waals surface area contributed by atoms with E-state index in [-0.39, 0.29) is 24.0 Å². The van der Waals surface area contributed by atoms with Gasteiger partial charge in [-0.1, -0.05) is 12.1 Å². The normalized spacial score (nSPS) is 10.9. The number of nitrogens with zero attached hydrogens (tertiary/aromatic N) is 1. The first-order chi connectivity index (χ1) is 10.8. The predicted molar refractivity (Wildman–Crippen MR) is 103 cm³/mol. The third kappa shape index (κ3) is 7.40. The Balaban J connectivity index is 0.00000264. The monoisotopic (exact) mass is 429 g/mol. The van der Waals surface area contributed by atoms with E-state index in [1.54, 1.807) is 18.4 Å². The molecule has 2 aromatic rings. The molecule has 0 atom stereocenters. The number of halogens is 1. The van der Waals surface area contributed by atoms with Crippen LogP contribution in [0.4, 0.5) is 0 Å². The van der Waals surface area contributed by atoms with Crippen LogP contribution in [0.3, 0.4) is 0 Å². The van der Waals surface area contributed by atoms with Crippen molar-refractivity contribution in [2.24, 2.45) is 4.99 Å². The van der Waals surface area contributed by atoms with E-state index >= 15 is 0 Å². The Bertz CT molecular complexity index is 568. The number of hydrogen-bond acceptors (Lipinski definition) is 3. The summed E-state index contributed by atoms with van der Waals surface area (Å²) in [6.45, 7) is 4.23. The molecule has 23 heavy (non-hydrogen) atoms. The van der Waals surface area contributed by atoms with Crippen LogP contribution in [0.15, 0.2) is 52.1 Å². The Morgan fingerprint density at radius 1 is 1.17 bits per heavy atom. The molecule has 0 amide bonds. The first-order valence-corrected chi connectivity index (χ1v) is 7.60. The highest BCUT2D eigenvalue weighted by Gasteiger charge is 1.99. The third-order valence-electron chi connectivity index (χ3n) is 3.19. The fourth-order valence-corrected chi connectivity index (χ4v) is 2.06. The molecule has 1 aromatic heterocycles. The number of guanidine groups is 1. The zero-order valence-electron chi connectivity index (χ0n) is 13.3. The van der Waals surface area contributed by atoms with Crippen molar-refractivity contribution in [3.63, 3.8) is 0 Å². The van der Waals surface area contributed by atoms with E-state index in [0.29, 0.717) is 12.3 Å². The van der Waals surface area contributed by atoms with E-state index < -0.39 is 0 Å². The summed E-state index contributed by atoms with van der Waals surface area (Å²) in [5.41, 5.74) is 1.22. The van der Waals surface area contributed by atoms with Crippen LogP contribution in [0.2, 0.25) is 0 Å². The van der Waals surface area contributed by atoms with Gasteiger partial charge in [-0.25, -0.2) is 4.99 Å². The van der Waals surface area contributed by atoms with Gasteiger partial charge >= 0.3 is 0 Å². The second-order valence-corrected chi connectivity index (χ2v) is 4.97. The zero-order chi connectivity index (χ0) is 15.6. The fourth-order valence-electron chi connectivity index (χ4n) is 2.06. The van der Waals surface area contributed by atoms with Crippen molar-refractivity contribution in [2.75, 3.05) is 13.1 Å². The Morgan fingerprint density at radius 3 is 2.61 bits per heavy atom. The number of phenols is 1. The highest BCUT2D eigenvalue weighted by Crippen LogP contribution is 2.10. The number of aryl methyl sites for hydroxylation is 1. The molecule has 0 aliphatic carbocycles. The maximum Gasteiger partial charge on any atom is 0.191 e. The minimum atomic E-state index is 0. The van der Waals surface area contributed by atoms with Crippen molar-refractivity contribution in [3.05, 3.63) is 54.0 Å². The summed E-state index contributed by atoms with van der Waals surface area (Å²) >= 11 is 0. The highest BCUT2D eigenvalue weighted by atomic mass is 127. The average molecular weight is 429 g/mol. The van der Waals surface area contributed by atoms with E-state index in [2.05, 4.69) is 15.6 Å². The second-order valence-electron chi connectivity index (χ2n) is 4.97. The van der Waals surface area contributed by atoms with Crippen molar-refractivity contribution >= 4 is 29.9 Å². The summed E-state index contributed by atoms with van der Waals surface area (Å²) in [6.07, 6.45) is 3.61. The van der Waals surface area contributed by atoms with Crippen LogP contribution in [0, 0.1) is 0 Å². The lowest BCUT2D eigenvalue weighted by molar-refractivity contribution is 0.475. The van der Waals surface area contributed by atoms with Crippen molar-refractivity contribution in [1.29, 1.82) is 0 Å². The van der Waals surface area contributed by atoms with E-state index in [4.69, 9.17) is 4.42 Å². The SMILES string of the molecule is CCNC(=NCc1ccco1)NCCCc1ccc(O)cc1.I. The Labute approximate surface area is 154 Å². The lowest BCUT2D eigenvalue weighted by Crippen LogP contribution is -2.37. The first-order valence-electron chi connectivity index (χ1n) is 7.60. The summed E-state index contributed by atoms with van der Waals surface area (Å²) < 4.78 is 5.27. The fraction of sp³-hybridized carbons (Fsp3) is 0.353. The molecule has 2 rings (SSSR count). The number of hydrogen-bond donors (Lipinski definition) is 3. The maximum atomic E-state index is 9.25. The number of furan rings is 1. The molecule has 0 bridgehead atoms. The molecule has 0 saturated carbocycles. The molecule has 1 aromatic carbocycles. The van der Waals surface area contributed by atoms with Gasteiger partial charge in [0.1, 0.15) is 18.1 Å².